The molecule has 4 rings (SSSR count). The lowest BCUT2D eigenvalue weighted by Crippen LogP contribution is -2.30. The largest absolute Gasteiger partial charge is 0.497 e. The number of hydrogen-bond acceptors (Lipinski definition) is 4. The fourth-order valence-electron chi connectivity index (χ4n) is 3.70. The molecular weight excluding hydrogens is 324 g/mol. The van der Waals surface area contributed by atoms with E-state index in [1.165, 1.54) is 18.4 Å². The van der Waals surface area contributed by atoms with Crippen LogP contribution >= 0.6 is 0 Å². The van der Waals surface area contributed by atoms with Crippen LogP contribution in [-0.2, 0) is 13.0 Å². The molecule has 0 aliphatic carbocycles. The molecule has 2 aromatic carbocycles. The van der Waals surface area contributed by atoms with Crippen molar-refractivity contribution < 1.29 is 9.15 Å². The van der Waals surface area contributed by atoms with Gasteiger partial charge < -0.3 is 9.15 Å². The Hall–Kier alpha value is -2.59. The van der Waals surface area contributed by atoms with Gasteiger partial charge in [-0.25, -0.2) is 4.98 Å². The van der Waals surface area contributed by atoms with E-state index in [1.807, 2.05) is 42.6 Å². The Morgan fingerprint density at radius 2 is 2.04 bits per heavy atom. The fraction of sp³-hybridized carbons (Fsp3) is 0.318. The first-order valence-corrected chi connectivity index (χ1v) is 9.19. The van der Waals surface area contributed by atoms with Gasteiger partial charge in [0.2, 0.25) is 5.89 Å². The molecular formula is C22H24N2O2. The van der Waals surface area contributed by atoms with E-state index in [4.69, 9.17) is 9.15 Å². The summed E-state index contributed by atoms with van der Waals surface area (Å²) in [6.45, 7) is 1.86. The summed E-state index contributed by atoms with van der Waals surface area (Å²) in [7, 11) is 1.72. The molecule has 1 aliphatic rings. The van der Waals surface area contributed by atoms with Gasteiger partial charge in [-0.05, 0) is 43.5 Å². The lowest BCUT2D eigenvalue weighted by molar-refractivity contribution is 0.221. The van der Waals surface area contributed by atoms with E-state index in [-0.39, 0.29) is 0 Å². The molecule has 0 saturated carbocycles. The number of oxazole rings is 1. The van der Waals surface area contributed by atoms with Gasteiger partial charge in [0, 0.05) is 11.6 Å². The van der Waals surface area contributed by atoms with Gasteiger partial charge >= 0.3 is 0 Å². The van der Waals surface area contributed by atoms with E-state index in [1.54, 1.807) is 7.11 Å². The van der Waals surface area contributed by atoms with Crippen LogP contribution < -0.4 is 4.74 Å². The Balaban J connectivity index is 1.43. The van der Waals surface area contributed by atoms with Crippen LogP contribution in [0.2, 0.25) is 0 Å². The van der Waals surface area contributed by atoms with Crippen LogP contribution in [0.5, 0.6) is 5.75 Å². The summed E-state index contributed by atoms with van der Waals surface area (Å²) in [6, 6.07) is 19.0. The molecule has 2 heterocycles. The zero-order valence-corrected chi connectivity index (χ0v) is 15.1. The van der Waals surface area contributed by atoms with Crippen LogP contribution in [0.25, 0.3) is 11.3 Å². The normalized spacial score (nSPS) is 17.5. The lowest BCUT2D eigenvalue weighted by atomic mass is 10.0. The van der Waals surface area contributed by atoms with Crippen molar-refractivity contribution in [2.45, 2.75) is 31.8 Å². The maximum absolute atomic E-state index is 5.99. The second-order valence-corrected chi connectivity index (χ2v) is 6.81. The molecule has 1 fully saturated rings. The van der Waals surface area contributed by atoms with Crippen molar-refractivity contribution in [2.24, 2.45) is 0 Å². The SMILES string of the molecule is COc1cccc(CC2CCCN2Cc2ncc(-c3ccccc3)o2)c1. The Kier molecular flexibility index (Phi) is 5.02. The first kappa shape index (κ1) is 16.9. The number of aromatic nitrogens is 1. The summed E-state index contributed by atoms with van der Waals surface area (Å²) < 4.78 is 11.3. The van der Waals surface area contributed by atoms with Crippen molar-refractivity contribution in [3.63, 3.8) is 0 Å². The van der Waals surface area contributed by atoms with Gasteiger partial charge in [0.15, 0.2) is 5.76 Å². The zero-order valence-electron chi connectivity index (χ0n) is 15.1. The molecule has 4 heteroatoms. The van der Waals surface area contributed by atoms with Crippen LogP contribution in [0.4, 0.5) is 0 Å². The van der Waals surface area contributed by atoms with Gasteiger partial charge in [-0.1, -0.05) is 42.5 Å². The lowest BCUT2D eigenvalue weighted by Gasteiger charge is -2.23. The molecule has 0 spiro atoms. The molecule has 0 N–H and O–H groups in total. The third-order valence-electron chi connectivity index (χ3n) is 5.05. The number of methoxy groups -OCH3 is 1. The maximum Gasteiger partial charge on any atom is 0.209 e. The highest BCUT2D eigenvalue weighted by atomic mass is 16.5. The molecule has 1 atom stereocenters. The zero-order chi connectivity index (χ0) is 17.8. The van der Waals surface area contributed by atoms with E-state index in [0.717, 1.165) is 42.5 Å². The molecule has 1 aliphatic heterocycles. The van der Waals surface area contributed by atoms with Gasteiger partial charge in [0.1, 0.15) is 5.75 Å². The molecule has 4 nitrogen and oxygen atoms in total. The average Bonchev–Trinajstić information content (AvgIpc) is 3.33. The molecule has 0 radical (unpaired) electrons. The molecule has 1 aromatic heterocycles. The molecule has 0 bridgehead atoms. The number of likely N-dealkylation sites (tertiary alicyclic amines) is 1. The minimum absolute atomic E-state index is 0.522. The summed E-state index contributed by atoms with van der Waals surface area (Å²) in [5.74, 6) is 2.55. The minimum Gasteiger partial charge on any atom is -0.497 e. The van der Waals surface area contributed by atoms with E-state index >= 15 is 0 Å². The van der Waals surface area contributed by atoms with Crippen molar-refractivity contribution >= 4 is 0 Å². The number of benzene rings is 2. The van der Waals surface area contributed by atoms with Gasteiger partial charge in [-0.15, -0.1) is 0 Å². The van der Waals surface area contributed by atoms with Crippen LogP contribution in [0.15, 0.2) is 65.2 Å². The van der Waals surface area contributed by atoms with E-state index in [2.05, 4.69) is 28.1 Å². The molecule has 1 unspecified atom stereocenters. The number of hydrogen-bond donors (Lipinski definition) is 0. The smallest absolute Gasteiger partial charge is 0.209 e. The van der Waals surface area contributed by atoms with Crippen LogP contribution in [0.1, 0.15) is 24.3 Å². The van der Waals surface area contributed by atoms with Crippen molar-refractivity contribution in [1.82, 2.24) is 9.88 Å². The quantitative estimate of drug-likeness (QED) is 0.655. The summed E-state index contributed by atoms with van der Waals surface area (Å²) >= 11 is 0. The highest BCUT2D eigenvalue weighted by molar-refractivity contribution is 5.55. The van der Waals surface area contributed by atoms with E-state index < -0.39 is 0 Å². The Morgan fingerprint density at radius 3 is 2.88 bits per heavy atom. The Labute approximate surface area is 154 Å². The molecule has 0 amide bonds. The van der Waals surface area contributed by atoms with Crippen molar-refractivity contribution in [2.75, 3.05) is 13.7 Å². The summed E-state index contributed by atoms with van der Waals surface area (Å²) in [5, 5.41) is 0. The number of rotatable bonds is 6. The van der Waals surface area contributed by atoms with Crippen LogP contribution in [0.3, 0.4) is 0 Å². The molecule has 134 valence electrons. The van der Waals surface area contributed by atoms with Crippen molar-refractivity contribution in [3.8, 4) is 17.1 Å². The standard InChI is InChI=1S/C22H24N2O2/c1-25-20-11-5-7-17(14-20)13-19-10-6-12-24(19)16-22-23-15-21(26-22)18-8-3-2-4-9-18/h2-5,7-9,11,14-15,19H,6,10,12-13,16H2,1H3. The predicted molar refractivity (Wildman–Crippen MR) is 102 cm³/mol. The molecule has 26 heavy (non-hydrogen) atoms. The number of nitrogens with zero attached hydrogens (tertiary/aromatic N) is 2. The van der Waals surface area contributed by atoms with Gasteiger partial charge in [-0.3, -0.25) is 4.90 Å². The van der Waals surface area contributed by atoms with E-state index in [0.29, 0.717) is 6.04 Å². The monoisotopic (exact) mass is 348 g/mol. The molecule has 1 saturated heterocycles. The minimum atomic E-state index is 0.522. The van der Waals surface area contributed by atoms with Crippen molar-refractivity contribution in [1.29, 1.82) is 0 Å². The number of ether oxygens (including phenoxy) is 1. The Morgan fingerprint density at radius 1 is 1.15 bits per heavy atom. The summed E-state index contributed by atoms with van der Waals surface area (Å²) in [5.41, 5.74) is 2.39. The first-order valence-electron chi connectivity index (χ1n) is 9.19. The highest BCUT2D eigenvalue weighted by Crippen LogP contribution is 2.26. The van der Waals surface area contributed by atoms with Crippen LogP contribution in [0, 0.1) is 0 Å². The summed E-state index contributed by atoms with van der Waals surface area (Å²) in [4.78, 5) is 6.98. The van der Waals surface area contributed by atoms with E-state index in [9.17, 15) is 0 Å². The van der Waals surface area contributed by atoms with Gasteiger partial charge in [0.25, 0.3) is 0 Å². The average molecular weight is 348 g/mol. The topological polar surface area (TPSA) is 38.5 Å². The third kappa shape index (κ3) is 3.81. The predicted octanol–water partition coefficient (Wildman–Crippen LogP) is 4.56. The van der Waals surface area contributed by atoms with Crippen molar-refractivity contribution in [3.05, 3.63) is 72.2 Å². The fourth-order valence-corrected chi connectivity index (χ4v) is 3.70. The van der Waals surface area contributed by atoms with Gasteiger partial charge in [-0.2, -0.15) is 0 Å². The molecule has 3 aromatic rings. The third-order valence-corrected chi connectivity index (χ3v) is 5.05. The maximum atomic E-state index is 5.99. The van der Waals surface area contributed by atoms with Gasteiger partial charge in [0.05, 0.1) is 19.9 Å². The second kappa shape index (κ2) is 7.75. The Bertz CT molecular complexity index is 844. The summed E-state index contributed by atoms with van der Waals surface area (Å²) in [6.07, 6.45) is 5.30. The second-order valence-electron chi connectivity index (χ2n) is 6.81. The van der Waals surface area contributed by atoms with Crippen LogP contribution in [-0.4, -0.2) is 29.6 Å². The highest BCUT2D eigenvalue weighted by Gasteiger charge is 2.26. The first-order chi connectivity index (χ1) is 12.8.